The monoisotopic (exact) mass is 472 g/mol. The highest BCUT2D eigenvalue weighted by Gasteiger charge is 2.42. The molecule has 0 spiro atoms. The maximum atomic E-state index is 13.3. The summed E-state index contributed by atoms with van der Waals surface area (Å²) in [4.78, 5) is 25.3. The van der Waals surface area contributed by atoms with Crippen molar-refractivity contribution in [2.45, 2.75) is 32.0 Å². The Labute approximate surface area is 183 Å². The van der Waals surface area contributed by atoms with Gasteiger partial charge in [0.1, 0.15) is 17.9 Å². The largest absolute Gasteiger partial charge is 0.349 e. The Balaban J connectivity index is 1.71. The summed E-state index contributed by atoms with van der Waals surface area (Å²) >= 11 is 5.72. The van der Waals surface area contributed by atoms with Gasteiger partial charge in [0.15, 0.2) is 0 Å². The van der Waals surface area contributed by atoms with Gasteiger partial charge in [-0.1, -0.05) is 11.6 Å². The molecule has 0 bridgehead atoms. The van der Waals surface area contributed by atoms with E-state index in [0.717, 1.165) is 21.8 Å². The minimum absolute atomic E-state index is 0.104. The zero-order chi connectivity index (χ0) is 22.9. The fourth-order valence-corrected chi connectivity index (χ4v) is 4.64. The van der Waals surface area contributed by atoms with Crippen LogP contribution in [0.25, 0.3) is 0 Å². The van der Waals surface area contributed by atoms with Gasteiger partial charge < -0.3 is 10.6 Å². The summed E-state index contributed by atoms with van der Waals surface area (Å²) in [5.41, 5.74) is 1.72. The quantitative estimate of drug-likeness (QED) is 0.590. The molecule has 2 unspecified atom stereocenters. The number of aryl methyl sites for hydroxylation is 2. The minimum atomic E-state index is -4.09. The Hall–Kier alpha value is -2.54. The van der Waals surface area contributed by atoms with Crippen LogP contribution in [0.15, 0.2) is 24.3 Å². The van der Waals surface area contributed by atoms with Crippen LogP contribution in [0.4, 0.5) is 10.1 Å². The van der Waals surface area contributed by atoms with Gasteiger partial charge in [-0.25, -0.2) is 4.39 Å². The molecule has 1 aromatic carbocycles. The number of aromatic nitrogens is 2. The standard InChI is InChI=1S/C18H22ClFN6O4S/c1-10-6-12(25(2)23-10)9-21-17(27)15-8-16(26(3)31(29,30)24-15)18(28)22-11-4-5-14(20)13(19)7-11/h4-7,15-16,24H,8-9H2,1-3H3,(H,21,27)(H,22,28). The van der Waals surface area contributed by atoms with E-state index < -0.39 is 39.9 Å². The second-order valence-electron chi connectivity index (χ2n) is 7.18. The lowest BCUT2D eigenvalue weighted by Gasteiger charge is -2.35. The second kappa shape index (κ2) is 8.91. The molecule has 2 amide bonds. The highest BCUT2D eigenvalue weighted by molar-refractivity contribution is 7.87. The van der Waals surface area contributed by atoms with E-state index in [1.165, 1.54) is 19.2 Å². The fraction of sp³-hybridized carbons (Fsp3) is 0.389. The average molecular weight is 473 g/mol. The van der Waals surface area contributed by atoms with Gasteiger partial charge in [0.2, 0.25) is 11.8 Å². The lowest BCUT2D eigenvalue weighted by molar-refractivity contribution is -0.125. The Morgan fingerprint density at radius 3 is 2.61 bits per heavy atom. The Morgan fingerprint density at radius 1 is 1.29 bits per heavy atom. The molecule has 3 rings (SSSR count). The van der Waals surface area contributed by atoms with Crippen LogP contribution >= 0.6 is 11.6 Å². The maximum absolute atomic E-state index is 13.3. The molecule has 0 aliphatic carbocycles. The molecule has 168 valence electrons. The molecule has 10 nitrogen and oxygen atoms in total. The molecule has 31 heavy (non-hydrogen) atoms. The third-order valence-electron chi connectivity index (χ3n) is 4.92. The van der Waals surface area contributed by atoms with Gasteiger partial charge in [0.25, 0.3) is 10.2 Å². The first kappa shape index (κ1) is 23.1. The van der Waals surface area contributed by atoms with Crippen molar-refractivity contribution in [1.82, 2.24) is 24.1 Å². The normalized spacial score (nSPS) is 20.9. The lowest BCUT2D eigenvalue weighted by Crippen LogP contribution is -2.62. The van der Waals surface area contributed by atoms with Crippen molar-refractivity contribution in [2.75, 3.05) is 12.4 Å². The number of nitrogens with zero attached hydrogens (tertiary/aromatic N) is 3. The van der Waals surface area contributed by atoms with E-state index in [1.807, 2.05) is 6.92 Å². The van der Waals surface area contributed by atoms with Crippen LogP contribution in [0.5, 0.6) is 0 Å². The first-order chi connectivity index (χ1) is 14.5. The molecule has 0 radical (unpaired) electrons. The molecule has 1 aliphatic rings. The van der Waals surface area contributed by atoms with E-state index in [4.69, 9.17) is 11.6 Å². The summed E-state index contributed by atoms with van der Waals surface area (Å²) in [7, 11) is -1.12. The van der Waals surface area contributed by atoms with Gasteiger partial charge in [-0.2, -0.15) is 22.5 Å². The van der Waals surface area contributed by atoms with Gasteiger partial charge in [-0.05, 0) is 37.6 Å². The van der Waals surface area contributed by atoms with Crippen LogP contribution in [0.1, 0.15) is 17.8 Å². The zero-order valence-electron chi connectivity index (χ0n) is 17.0. The summed E-state index contributed by atoms with van der Waals surface area (Å²) in [6.45, 7) is 1.96. The first-order valence-corrected chi connectivity index (χ1v) is 11.1. The van der Waals surface area contributed by atoms with Crippen LogP contribution in [0, 0.1) is 12.7 Å². The summed E-state index contributed by atoms with van der Waals surface area (Å²) in [5, 5.41) is 9.16. The molecule has 1 saturated heterocycles. The van der Waals surface area contributed by atoms with Crippen LogP contribution in [0.3, 0.4) is 0 Å². The van der Waals surface area contributed by atoms with E-state index in [1.54, 1.807) is 17.8 Å². The topological polar surface area (TPSA) is 125 Å². The number of carbonyl (C=O) groups excluding carboxylic acids is 2. The third-order valence-corrected chi connectivity index (χ3v) is 6.80. The van der Waals surface area contributed by atoms with E-state index in [-0.39, 0.29) is 23.7 Å². The number of amides is 2. The molecular weight excluding hydrogens is 451 g/mol. The number of halogens is 2. The molecule has 1 fully saturated rings. The van der Waals surface area contributed by atoms with Crippen molar-refractivity contribution in [3.05, 3.63) is 46.5 Å². The van der Waals surface area contributed by atoms with Crippen molar-refractivity contribution < 1.29 is 22.4 Å². The summed E-state index contributed by atoms with van der Waals surface area (Å²) in [5.74, 6) is -1.89. The number of rotatable bonds is 5. The van der Waals surface area contributed by atoms with Crippen LogP contribution in [-0.2, 0) is 33.4 Å². The van der Waals surface area contributed by atoms with Crippen molar-refractivity contribution in [1.29, 1.82) is 0 Å². The lowest BCUT2D eigenvalue weighted by atomic mass is 10.1. The fourth-order valence-electron chi connectivity index (χ4n) is 3.21. The van der Waals surface area contributed by atoms with E-state index in [0.29, 0.717) is 0 Å². The van der Waals surface area contributed by atoms with E-state index in [9.17, 15) is 22.4 Å². The summed E-state index contributed by atoms with van der Waals surface area (Å²) in [6, 6.07) is 3.08. The number of hydrogen-bond donors (Lipinski definition) is 3. The zero-order valence-corrected chi connectivity index (χ0v) is 18.6. The number of nitrogens with one attached hydrogen (secondary N) is 3. The second-order valence-corrected chi connectivity index (χ2v) is 9.35. The van der Waals surface area contributed by atoms with Crippen molar-refractivity contribution in [3.8, 4) is 0 Å². The third kappa shape index (κ3) is 5.21. The molecule has 3 N–H and O–H groups in total. The molecular formula is C18H22ClFN6O4S. The van der Waals surface area contributed by atoms with Crippen LogP contribution in [0.2, 0.25) is 5.02 Å². The number of hydrogen-bond acceptors (Lipinski definition) is 5. The first-order valence-electron chi connectivity index (χ1n) is 9.26. The Bertz CT molecular complexity index is 1120. The molecule has 1 aliphatic heterocycles. The molecule has 13 heteroatoms. The SMILES string of the molecule is Cc1cc(CNC(=O)C2CC(C(=O)Nc3ccc(F)c(Cl)c3)N(C)S(=O)(=O)N2)n(C)n1. The van der Waals surface area contributed by atoms with Crippen LogP contribution < -0.4 is 15.4 Å². The molecule has 2 aromatic rings. The molecule has 0 saturated carbocycles. The number of benzene rings is 1. The number of likely N-dealkylation sites (N-methyl/N-ethyl adjacent to an activating group) is 1. The predicted octanol–water partition coefficient (Wildman–Crippen LogP) is 0.683. The van der Waals surface area contributed by atoms with E-state index in [2.05, 4.69) is 20.5 Å². The predicted molar refractivity (Wildman–Crippen MR) is 112 cm³/mol. The molecule has 2 atom stereocenters. The summed E-state index contributed by atoms with van der Waals surface area (Å²) < 4.78 is 43.0. The molecule has 2 heterocycles. The Morgan fingerprint density at radius 2 is 2.00 bits per heavy atom. The van der Waals surface area contributed by atoms with Crippen molar-refractivity contribution >= 4 is 39.3 Å². The van der Waals surface area contributed by atoms with Crippen molar-refractivity contribution in [2.24, 2.45) is 7.05 Å². The van der Waals surface area contributed by atoms with E-state index >= 15 is 0 Å². The number of anilines is 1. The Kier molecular flexibility index (Phi) is 6.65. The minimum Gasteiger partial charge on any atom is -0.349 e. The molecule has 1 aromatic heterocycles. The van der Waals surface area contributed by atoms with Gasteiger partial charge in [-0.15, -0.1) is 0 Å². The van der Waals surface area contributed by atoms with Gasteiger partial charge in [-0.3, -0.25) is 14.3 Å². The smallest absolute Gasteiger partial charge is 0.280 e. The van der Waals surface area contributed by atoms with Crippen molar-refractivity contribution in [3.63, 3.8) is 0 Å². The maximum Gasteiger partial charge on any atom is 0.280 e. The van der Waals surface area contributed by atoms with Gasteiger partial charge in [0, 0.05) is 19.8 Å². The van der Waals surface area contributed by atoms with Gasteiger partial charge >= 0.3 is 0 Å². The highest BCUT2D eigenvalue weighted by Crippen LogP contribution is 2.22. The highest BCUT2D eigenvalue weighted by atomic mass is 35.5. The van der Waals surface area contributed by atoms with Crippen LogP contribution in [-0.4, -0.2) is 53.4 Å². The van der Waals surface area contributed by atoms with Gasteiger partial charge in [0.05, 0.1) is 23.0 Å². The average Bonchev–Trinajstić information content (AvgIpc) is 3.01. The summed E-state index contributed by atoms with van der Waals surface area (Å²) in [6.07, 6.45) is -0.104. The number of carbonyl (C=O) groups is 2.